The summed E-state index contributed by atoms with van der Waals surface area (Å²) in [5, 5.41) is 9.92. The quantitative estimate of drug-likeness (QED) is 0.755. The third kappa shape index (κ3) is 3.67. The number of anilines is 1. The number of carbonyl (C=O) groups excluding carboxylic acids is 1. The molecule has 0 aliphatic carbocycles. The number of carbonyl (C=O) groups is 1. The molecule has 1 aromatic heterocycles. The van der Waals surface area contributed by atoms with E-state index in [4.69, 9.17) is 11.6 Å². The van der Waals surface area contributed by atoms with Crippen molar-refractivity contribution in [2.75, 3.05) is 5.32 Å². The summed E-state index contributed by atoms with van der Waals surface area (Å²) in [5.74, 6) is -0.766. The van der Waals surface area contributed by atoms with Crippen molar-refractivity contribution in [3.8, 4) is 0 Å². The average Bonchev–Trinajstić information content (AvgIpc) is 2.58. The molecule has 0 spiro atoms. The Hall–Kier alpha value is -2.94. The summed E-state index contributed by atoms with van der Waals surface area (Å²) in [6.07, 6.45) is -4.58. The second-order valence-electron chi connectivity index (χ2n) is 5.31. The Bertz CT molecular complexity index is 1050. The highest BCUT2D eigenvalue weighted by Crippen LogP contribution is 2.33. The Kier molecular flexibility index (Phi) is 4.64. The summed E-state index contributed by atoms with van der Waals surface area (Å²) in [4.78, 5) is 24.4. The van der Waals surface area contributed by atoms with Crippen molar-refractivity contribution in [2.24, 2.45) is 0 Å². The standard InChI is InChI=1S/C16H10ClF3N4O2/c17-11-6-5-9(16(18,19)20)7-13(11)21-14(25)8-24-15(26)10-3-1-2-4-12(10)22-23-24/h1-7H,8H2,(H,21,25). The van der Waals surface area contributed by atoms with Crippen LogP contribution in [0.2, 0.25) is 5.02 Å². The van der Waals surface area contributed by atoms with Gasteiger partial charge in [0.25, 0.3) is 5.56 Å². The number of hydrogen-bond acceptors (Lipinski definition) is 4. The first kappa shape index (κ1) is 17.9. The van der Waals surface area contributed by atoms with Gasteiger partial charge in [-0.1, -0.05) is 28.9 Å². The number of fused-ring (bicyclic) bond motifs is 1. The van der Waals surface area contributed by atoms with E-state index in [1.54, 1.807) is 18.2 Å². The first-order valence-electron chi connectivity index (χ1n) is 7.25. The van der Waals surface area contributed by atoms with Crippen LogP contribution in [-0.4, -0.2) is 20.9 Å². The molecule has 0 aliphatic rings. The van der Waals surface area contributed by atoms with Gasteiger partial charge in [-0.25, -0.2) is 4.68 Å². The number of amides is 1. The number of hydrogen-bond donors (Lipinski definition) is 1. The highest BCUT2D eigenvalue weighted by atomic mass is 35.5. The summed E-state index contributed by atoms with van der Waals surface area (Å²) in [7, 11) is 0. The maximum Gasteiger partial charge on any atom is 0.416 e. The summed E-state index contributed by atoms with van der Waals surface area (Å²) in [6, 6.07) is 9.00. The molecule has 3 aromatic rings. The first-order valence-corrected chi connectivity index (χ1v) is 7.62. The molecule has 26 heavy (non-hydrogen) atoms. The maximum atomic E-state index is 12.8. The highest BCUT2D eigenvalue weighted by Gasteiger charge is 2.31. The third-order valence-electron chi connectivity index (χ3n) is 3.49. The van der Waals surface area contributed by atoms with Crippen molar-refractivity contribution in [2.45, 2.75) is 12.7 Å². The molecular formula is C16H10ClF3N4O2. The van der Waals surface area contributed by atoms with Crippen LogP contribution in [0.4, 0.5) is 18.9 Å². The Balaban J connectivity index is 1.84. The van der Waals surface area contributed by atoms with Crippen LogP contribution in [0.5, 0.6) is 0 Å². The van der Waals surface area contributed by atoms with E-state index in [0.717, 1.165) is 22.9 Å². The normalized spacial score (nSPS) is 11.5. The molecule has 1 heterocycles. The second-order valence-corrected chi connectivity index (χ2v) is 5.72. The molecule has 134 valence electrons. The number of aromatic nitrogens is 3. The number of alkyl halides is 3. The van der Waals surface area contributed by atoms with Gasteiger partial charge < -0.3 is 5.32 Å². The molecule has 2 aromatic carbocycles. The molecule has 10 heteroatoms. The van der Waals surface area contributed by atoms with Gasteiger partial charge in [0, 0.05) is 0 Å². The number of rotatable bonds is 3. The Morgan fingerprint density at radius 2 is 1.92 bits per heavy atom. The molecule has 6 nitrogen and oxygen atoms in total. The van der Waals surface area contributed by atoms with Crippen LogP contribution in [0, 0.1) is 0 Å². The monoisotopic (exact) mass is 382 g/mol. The Morgan fingerprint density at radius 3 is 2.65 bits per heavy atom. The van der Waals surface area contributed by atoms with E-state index in [2.05, 4.69) is 15.6 Å². The number of nitrogens with zero attached hydrogens (tertiary/aromatic N) is 3. The smallest absolute Gasteiger partial charge is 0.323 e. The minimum atomic E-state index is -4.58. The van der Waals surface area contributed by atoms with Gasteiger partial charge in [-0.15, -0.1) is 5.10 Å². The van der Waals surface area contributed by atoms with Gasteiger partial charge in [0.1, 0.15) is 12.1 Å². The summed E-state index contributed by atoms with van der Waals surface area (Å²) >= 11 is 5.82. The van der Waals surface area contributed by atoms with E-state index in [9.17, 15) is 22.8 Å². The molecule has 0 bridgehead atoms. The number of benzene rings is 2. The van der Waals surface area contributed by atoms with Crippen LogP contribution in [-0.2, 0) is 17.5 Å². The van der Waals surface area contributed by atoms with Crippen LogP contribution in [0.3, 0.4) is 0 Å². The third-order valence-corrected chi connectivity index (χ3v) is 3.82. The minimum absolute atomic E-state index is 0.0664. The lowest BCUT2D eigenvalue weighted by molar-refractivity contribution is -0.137. The van der Waals surface area contributed by atoms with Gasteiger partial charge in [0.15, 0.2) is 0 Å². The topological polar surface area (TPSA) is 76.9 Å². The molecule has 0 radical (unpaired) electrons. The van der Waals surface area contributed by atoms with Crippen molar-refractivity contribution >= 4 is 34.1 Å². The molecule has 0 unspecified atom stereocenters. The van der Waals surface area contributed by atoms with Crippen molar-refractivity contribution < 1.29 is 18.0 Å². The fourth-order valence-corrected chi connectivity index (χ4v) is 2.41. The van der Waals surface area contributed by atoms with Crippen LogP contribution < -0.4 is 10.9 Å². The fraction of sp³-hybridized carbons (Fsp3) is 0.125. The molecule has 3 rings (SSSR count). The van der Waals surface area contributed by atoms with Crippen LogP contribution in [0.1, 0.15) is 5.56 Å². The molecule has 0 fully saturated rings. The van der Waals surface area contributed by atoms with Crippen LogP contribution in [0.25, 0.3) is 10.9 Å². The van der Waals surface area contributed by atoms with Gasteiger partial charge in [-0.2, -0.15) is 13.2 Å². The van der Waals surface area contributed by atoms with E-state index in [1.165, 1.54) is 6.07 Å². The lowest BCUT2D eigenvalue weighted by atomic mass is 10.2. The molecule has 0 aliphatic heterocycles. The zero-order valence-corrected chi connectivity index (χ0v) is 13.7. The Labute approximate surface area is 149 Å². The van der Waals surface area contributed by atoms with Gasteiger partial charge >= 0.3 is 6.18 Å². The van der Waals surface area contributed by atoms with E-state index in [-0.39, 0.29) is 16.1 Å². The van der Waals surface area contributed by atoms with E-state index >= 15 is 0 Å². The Morgan fingerprint density at radius 1 is 1.19 bits per heavy atom. The fourth-order valence-electron chi connectivity index (χ4n) is 2.25. The van der Waals surface area contributed by atoms with Gasteiger partial charge in [-0.3, -0.25) is 9.59 Å². The predicted molar refractivity (Wildman–Crippen MR) is 88.9 cm³/mol. The van der Waals surface area contributed by atoms with Crippen LogP contribution in [0.15, 0.2) is 47.3 Å². The first-order chi connectivity index (χ1) is 12.3. The molecule has 0 atom stereocenters. The van der Waals surface area contributed by atoms with E-state index < -0.39 is 29.8 Å². The summed E-state index contributed by atoms with van der Waals surface area (Å²) in [6.45, 7) is -0.525. The summed E-state index contributed by atoms with van der Waals surface area (Å²) in [5.41, 5.74) is -1.34. The molecule has 0 saturated heterocycles. The van der Waals surface area contributed by atoms with Gasteiger partial charge in [-0.05, 0) is 30.3 Å². The van der Waals surface area contributed by atoms with E-state index in [1.807, 2.05) is 0 Å². The second kappa shape index (κ2) is 6.75. The van der Waals surface area contributed by atoms with Crippen molar-refractivity contribution in [3.05, 3.63) is 63.4 Å². The zero-order chi connectivity index (χ0) is 18.9. The lowest BCUT2D eigenvalue weighted by Crippen LogP contribution is -2.30. The average molecular weight is 383 g/mol. The van der Waals surface area contributed by atoms with Gasteiger partial charge in [0.05, 0.1) is 21.7 Å². The molecular weight excluding hydrogens is 373 g/mol. The minimum Gasteiger partial charge on any atom is -0.323 e. The maximum absolute atomic E-state index is 12.8. The van der Waals surface area contributed by atoms with E-state index in [0.29, 0.717) is 5.52 Å². The molecule has 1 N–H and O–H groups in total. The summed E-state index contributed by atoms with van der Waals surface area (Å²) < 4.78 is 39.1. The van der Waals surface area contributed by atoms with Crippen LogP contribution >= 0.6 is 11.6 Å². The van der Waals surface area contributed by atoms with Crippen molar-refractivity contribution in [1.82, 2.24) is 15.0 Å². The SMILES string of the molecule is O=C(Cn1nnc2ccccc2c1=O)Nc1cc(C(F)(F)F)ccc1Cl. The van der Waals surface area contributed by atoms with Crippen molar-refractivity contribution in [3.63, 3.8) is 0 Å². The highest BCUT2D eigenvalue weighted by molar-refractivity contribution is 6.33. The number of halogens is 4. The van der Waals surface area contributed by atoms with Crippen molar-refractivity contribution in [1.29, 1.82) is 0 Å². The predicted octanol–water partition coefficient (Wildman–Crippen LogP) is 3.10. The molecule has 1 amide bonds. The zero-order valence-electron chi connectivity index (χ0n) is 12.9. The molecule has 0 saturated carbocycles. The largest absolute Gasteiger partial charge is 0.416 e. The lowest BCUT2D eigenvalue weighted by Gasteiger charge is -2.12. The number of nitrogens with one attached hydrogen (secondary N) is 1. The van der Waals surface area contributed by atoms with Gasteiger partial charge in [0.2, 0.25) is 5.91 Å².